The van der Waals surface area contributed by atoms with E-state index in [2.05, 4.69) is 330 Å². The van der Waals surface area contributed by atoms with Crippen molar-refractivity contribution >= 4 is 121 Å². The van der Waals surface area contributed by atoms with E-state index in [1.54, 1.807) is 0 Å². The zero-order valence-electron chi connectivity index (χ0n) is 47.2. The van der Waals surface area contributed by atoms with Crippen LogP contribution in [0, 0.1) is 0 Å². The second-order valence-corrected chi connectivity index (χ2v) is 22.3. The lowest BCUT2D eigenvalue weighted by Crippen LogP contribution is -2.10. The van der Waals surface area contributed by atoms with E-state index in [1.807, 2.05) is 0 Å². The highest BCUT2D eigenvalue weighted by Crippen LogP contribution is 2.47. The van der Waals surface area contributed by atoms with Gasteiger partial charge < -0.3 is 9.80 Å². The van der Waals surface area contributed by atoms with E-state index in [0.717, 1.165) is 127 Å². The number of para-hydroxylation sites is 4. The maximum absolute atomic E-state index is 5.55. The van der Waals surface area contributed by atoms with Crippen molar-refractivity contribution in [2.75, 3.05) is 9.80 Å². The summed E-state index contributed by atoms with van der Waals surface area (Å²) in [6.45, 7) is 0. The molecule has 0 aliphatic carbocycles. The van der Waals surface area contributed by atoms with Gasteiger partial charge >= 0.3 is 0 Å². The van der Waals surface area contributed by atoms with Gasteiger partial charge in [0.1, 0.15) is 0 Å². The van der Waals surface area contributed by atoms with Crippen LogP contribution in [-0.2, 0) is 0 Å². The molecule has 0 unspecified atom stereocenters. The van der Waals surface area contributed by atoms with E-state index in [1.165, 1.54) is 16.2 Å². The quantitative estimate of drug-likeness (QED) is 0.101. The summed E-state index contributed by atoms with van der Waals surface area (Å²) < 4.78 is 2.27. The van der Waals surface area contributed by atoms with Crippen LogP contribution in [0.5, 0.6) is 0 Å². The van der Waals surface area contributed by atoms with E-state index >= 15 is 0 Å². The Hall–Kier alpha value is -11.7. The SMILES string of the molecule is c1ccc(-c2ccc3c(c2)c2c4cc5c6ccc(N(c7ccccc7)c7ccccc7)cc6c6cc(N(c7ccccc7)c7ccccc7)ccc6c5cc4ccc2n3-c2nc(-c3cccc4ccccc34)nc(-c3cccc4ccccc34)n2)cc1. The smallest absolute Gasteiger partial charge is 0.238 e. The Bertz CT molecular complexity index is 5330. The molecule has 0 bridgehead atoms. The Kier molecular flexibility index (Phi) is 11.8. The number of nitrogens with zero attached hydrogens (tertiary/aromatic N) is 6. The first-order valence-corrected chi connectivity index (χ1v) is 29.6. The highest BCUT2D eigenvalue weighted by Gasteiger charge is 2.24. The van der Waals surface area contributed by atoms with Crippen LogP contribution in [0.25, 0.3) is 126 Å². The molecule has 0 radical (unpaired) electrons. The summed E-state index contributed by atoms with van der Waals surface area (Å²) in [6, 6.07) is 114. The number of fused-ring (bicyclic) bond motifs is 13. The van der Waals surface area contributed by atoms with Gasteiger partial charge in [-0.15, -0.1) is 0 Å². The fraction of sp³-hybridized carbons (Fsp3) is 0. The van der Waals surface area contributed by atoms with Gasteiger partial charge in [-0.3, -0.25) is 4.57 Å². The molecule has 406 valence electrons. The Morgan fingerprint density at radius 3 is 1.18 bits per heavy atom. The summed E-state index contributed by atoms with van der Waals surface area (Å²) in [4.78, 5) is 21.2. The lowest BCUT2D eigenvalue weighted by Gasteiger charge is -2.27. The summed E-state index contributed by atoms with van der Waals surface area (Å²) in [5.41, 5.74) is 12.6. The molecule has 2 heterocycles. The van der Waals surface area contributed by atoms with Gasteiger partial charge in [0.15, 0.2) is 11.6 Å². The van der Waals surface area contributed by atoms with Crippen LogP contribution in [0.15, 0.2) is 315 Å². The van der Waals surface area contributed by atoms with E-state index in [0.29, 0.717) is 17.6 Å². The maximum atomic E-state index is 5.55. The van der Waals surface area contributed by atoms with Gasteiger partial charge in [0.2, 0.25) is 5.95 Å². The van der Waals surface area contributed by atoms with Gasteiger partial charge in [-0.05, 0) is 179 Å². The van der Waals surface area contributed by atoms with E-state index in [4.69, 9.17) is 15.0 Å². The molecule has 6 nitrogen and oxygen atoms in total. The number of benzene rings is 15. The average Bonchev–Trinajstić information content (AvgIpc) is 1.90. The molecule has 0 N–H and O–H groups in total. The first-order valence-electron chi connectivity index (χ1n) is 29.6. The predicted octanol–water partition coefficient (Wildman–Crippen LogP) is 21.8. The summed E-state index contributed by atoms with van der Waals surface area (Å²) in [6.07, 6.45) is 0. The zero-order chi connectivity index (χ0) is 57.4. The first-order chi connectivity index (χ1) is 43.1. The second kappa shape index (κ2) is 20.6. The molecule has 17 rings (SSSR count). The van der Waals surface area contributed by atoms with Gasteiger partial charge in [-0.2, -0.15) is 9.97 Å². The molecule has 15 aromatic carbocycles. The maximum Gasteiger partial charge on any atom is 0.238 e. The minimum absolute atomic E-state index is 0.546. The van der Waals surface area contributed by atoms with Crippen LogP contribution in [0.1, 0.15) is 0 Å². The number of aromatic nitrogens is 4. The Balaban J connectivity index is 0.963. The molecular formula is C81H52N6. The number of hydrogen-bond donors (Lipinski definition) is 0. The monoisotopic (exact) mass is 1110 g/mol. The highest BCUT2D eigenvalue weighted by molar-refractivity contribution is 6.31. The molecule has 17 aromatic rings. The van der Waals surface area contributed by atoms with Crippen LogP contribution in [0.2, 0.25) is 0 Å². The fourth-order valence-electron chi connectivity index (χ4n) is 13.4. The van der Waals surface area contributed by atoms with E-state index < -0.39 is 0 Å². The van der Waals surface area contributed by atoms with Crippen molar-refractivity contribution in [3.63, 3.8) is 0 Å². The van der Waals surface area contributed by atoms with Crippen molar-refractivity contribution in [3.05, 3.63) is 315 Å². The minimum Gasteiger partial charge on any atom is -0.310 e. The van der Waals surface area contributed by atoms with Crippen LogP contribution in [-0.4, -0.2) is 19.5 Å². The van der Waals surface area contributed by atoms with Crippen molar-refractivity contribution in [2.24, 2.45) is 0 Å². The van der Waals surface area contributed by atoms with Crippen molar-refractivity contribution in [3.8, 4) is 39.9 Å². The zero-order valence-corrected chi connectivity index (χ0v) is 47.2. The molecule has 0 amide bonds. The molecule has 0 atom stereocenters. The number of rotatable bonds is 10. The van der Waals surface area contributed by atoms with Gasteiger partial charge in [0.25, 0.3) is 0 Å². The third kappa shape index (κ3) is 8.45. The van der Waals surface area contributed by atoms with Crippen molar-refractivity contribution in [1.29, 1.82) is 0 Å². The van der Waals surface area contributed by atoms with Crippen LogP contribution in [0.3, 0.4) is 0 Å². The minimum atomic E-state index is 0.546. The summed E-state index contributed by atoms with van der Waals surface area (Å²) in [7, 11) is 0. The predicted molar refractivity (Wildman–Crippen MR) is 365 cm³/mol. The van der Waals surface area contributed by atoms with E-state index in [9.17, 15) is 0 Å². The van der Waals surface area contributed by atoms with Crippen molar-refractivity contribution in [2.45, 2.75) is 0 Å². The lowest BCUT2D eigenvalue weighted by atomic mass is 9.90. The van der Waals surface area contributed by atoms with Crippen LogP contribution < -0.4 is 9.80 Å². The molecule has 2 aromatic heterocycles. The Morgan fingerprint density at radius 2 is 0.667 bits per heavy atom. The lowest BCUT2D eigenvalue weighted by molar-refractivity contribution is 0.955. The Labute approximate surface area is 502 Å². The third-order valence-electron chi connectivity index (χ3n) is 17.3. The standard InChI is InChI=1S/C81H52N6/c1-6-22-53(23-7-1)56-40-46-76-75(48-56)78-70-52-74-67-45-43-63(86(60-32-12-4-13-33-60)61-34-14-5-15-35-61)51-73(67)72-50-62(85(58-28-8-2-9-29-58)59-30-10-3-11-31-59)42-44-66(72)71(74)49-57(70)41-47-77(78)87(76)81-83-79(68-38-20-26-54-24-16-18-36-64(54)68)82-80(84-81)69-39-21-27-55-25-17-19-37-65(55)69/h1-52H. The summed E-state index contributed by atoms with van der Waals surface area (Å²) in [5, 5.41) is 15.9. The van der Waals surface area contributed by atoms with E-state index in [-0.39, 0.29) is 0 Å². The van der Waals surface area contributed by atoms with Crippen LogP contribution >= 0.6 is 0 Å². The number of hydrogen-bond acceptors (Lipinski definition) is 5. The van der Waals surface area contributed by atoms with Gasteiger partial charge in [0.05, 0.1) is 11.0 Å². The molecule has 0 saturated carbocycles. The highest BCUT2D eigenvalue weighted by atomic mass is 15.2. The Morgan fingerprint density at radius 1 is 0.230 bits per heavy atom. The van der Waals surface area contributed by atoms with Crippen molar-refractivity contribution < 1.29 is 0 Å². The van der Waals surface area contributed by atoms with Gasteiger partial charge in [-0.1, -0.05) is 212 Å². The second-order valence-electron chi connectivity index (χ2n) is 22.3. The summed E-state index contributed by atoms with van der Waals surface area (Å²) in [5.74, 6) is 1.76. The largest absolute Gasteiger partial charge is 0.310 e. The number of anilines is 6. The van der Waals surface area contributed by atoms with Gasteiger partial charge in [-0.25, -0.2) is 4.98 Å². The molecule has 0 spiro atoms. The molecule has 0 fully saturated rings. The molecule has 0 aliphatic heterocycles. The topological polar surface area (TPSA) is 50.1 Å². The normalized spacial score (nSPS) is 11.7. The van der Waals surface area contributed by atoms with Crippen LogP contribution in [0.4, 0.5) is 34.1 Å². The molecule has 6 heteroatoms. The molecule has 0 aliphatic rings. The molecule has 87 heavy (non-hydrogen) atoms. The van der Waals surface area contributed by atoms with Gasteiger partial charge in [0, 0.05) is 56.0 Å². The first kappa shape index (κ1) is 49.8. The third-order valence-corrected chi connectivity index (χ3v) is 17.3. The van der Waals surface area contributed by atoms with Crippen molar-refractivity contribution in [1.82, 2.24) is 19.5 Å². The average molecular weight is 1110 g/mol. The fourth-order valence-corrected chi connectivity index (χ4v) is 13.4. The molecular weight excluding hydrogens is 1060 g/mol. The molecule has 0 saturated heterocycles. The summed E-state index contributed by atoms with van der Waals surface area (Å²) >= 11 is 0.